The summed E-state index contributed by atoms with van der Waals surface area (Å²) in [5, 5.41) is 0.831. The summed E-state index contributed by atoms with van der Waals surface area (Å²) in [6.07, 6.45) is 2.58. The molecule has 5 heteroatoms. The molecule has 0 unspecified atom stereocenters. The zero-order valence-corrected chi connectivity index (χ0v) is 18.6. The topological polar surface area (TPSA) is 42.7 Å². The molecule has 0 saturated carbocycles. The molecule has 0 radical (unpaired) electrons. The van der Waals surface area contributed by atoms with E-state index >= 15 is 0 Å². The molecule has 0 atom stereocenters. The summed E-state index contributed by atoms with van der Waals surface area (Å²) in [6.45, 7) is 3.99. The predicted molar refractivity (Wildman–Crippen MR) is 130 cm³/mol. The van der Waals surface area contributed by atoms with Crippen molar-refractivity contribution < 1.29 is 13.9 Å². The lowest BCUT2D eigenvalue weighted by atomic mass is 9.97. The number of carbonyl (C=O) groups excluding carboxylic acids is 1. The second-order valence-electron chi connectivity index (χ2n) is 7.92. The first-order valence-corrected chi connectivity index (χ1v) is 10.9. The number of rotatable bonds is 7. The highest BCUT2D eigenvalue weighted by molar-refractivity contribution is 6.19. The fraction of sp³-hybridized carbons (Fsp3) is 0.222. The van der Waals surface area contributed by atoms with Crippen LogP contribution in [0.2, 0.25) is 0 Å². The Balaban J connectivity index is 0.00000245. The average molecular weight is 448 g/mol. The van der Waals surface area contributed by atoms with Gasteiger partial charge in [-0.15, -0.1) is 12.4 Å². The van der Waals surface area contributed by atoms with Crippen LogP contribution in [0.25, 0.3) is 22.3 Å². The molecule has 1 aliphatic rings. The van der Waals surface area contributed by atoms with E-state index in [1.165, 1.54) is 25.9 Å². The van der Waals surface area contributed by atoms with Crippen molar-refractivity contribution in [3.63, 3.8) is 0 Å². The summed E-state index contributed by atoms with van der Waals surface area (Å²) < 4.78 is 12.1. The number of hydrogen-bond donors (Lipinski definition) is 0. The Kier molecular flexibility index (Phi) is 6.93. The maximum absolute atomic E-state index is 13.4. The first-order valence-electron chi connectivity index (χ1n) is 10.9. The molecule has 1 fully saturated rings. The van der Waals surface area contributed by atoms with Crippen molar-refractivity contribution in [2.75, 3.05) is 26.2 Å². The van der Waals surface area contributed by atoms with E-state index in [0.717, 1.165) is 23.2 Å². The van der Waals surface area contributed by atoms with Crippen LogP contribution in [0.4, 0.5) is 0 Å². The summed E-state index contributed by atoms with van der Waals surface area (Å²) >= 11 is 0. The smallest absolute Gasteiger partial charge is 0.197 e. The van der Waals surface area contributed by atoms with Crippen LogP contribution >= 0.6 is 12.4 Å². The lowest BCUT2D eigenvalue weighted by molar-refractivity contribution is 0.104. The SMILES string of the molecule is Cl.O=C(c1ccccc1)c1c(-c2ccc(OCCN3CCCC3)cc2)oc2ccccc12. The second kappa shape index (κ2) is 10.0. The standard InChI is InChI=1S/C27H25NO3.ClH/c29-26(20-8-2-1-3-9-20)25-23-10-4-5-11-24(23)31-27(25)21-12-14-22(15-13-21)30-19-18-28-16-6-7-17-28;/h1-5,8-15H,6-7,16-19H2;1H. The van der Waals surface area contributed by atoms with E-state index < -0.39 is 0 Å². The Hall–Kier alpha value is -3.08. The molecule has 0 aliphatic carbocycles. The van der Waals surface area contributed by atoms with Gasteiger partial charge in [0, 0.05) is 23.1 Å². The van der Waals surface area contributed by atoms with Gasteiger partial charge in [0.05, 0.1) is 5.56 Å². The van der Waals surface area contributed by atoms with Crippen molar-refractivity contribution >= 4 is 29.2 Å². The van der Waals surface area contributed by atoms with Crippen LogP contribution in [0.15, 0.2) is 83.3 Å². The van der Waals surface area contributed by atoms with Gasteiger partial charge in [-0.3, -0.25) is 9.69 Å². The van der Waals surface area contributed by atoms with E-state index in [1.807, 2.05) is 78.9 Å². The first kappa shape index (κ1) is 22.1. The molecule has 2 heterocycles. The molecule has 0 spiro atoms. The van der Waals surface area contributed by atoms with Crippen LogP contribution in [0.3, 0.4) is 0 Å². The second-order valence-corrected chi connectivity index (χ2v) is 7.92. The molecule has 4 nitrogen and oxygen atoms in total. The molecule has 0 amide bonds. The van der Waals surface area contributed by atoms with Gasteiger partial charge < -0.3 is 9.15 Å². The van der Waals surface area contributed by atoms with Gasteiger partial charge in [-0.2, -0.15) is 0 Å². The van der Waals surface area contributed by atoms with Crippen molar-refractivity contribution in [3.05, 3.63) is 90.0 Å². The Morgan fingerprint density at radius 3 is 2.31 bits per heavy atom. The predicted octanol–water partition coefficient (Wildman–Crippen LogP) is 6.23. The number of carbonyl (C=O) groups is 1. The largest absolute Gasteiger partial charge is 0.492 e. The normalized spacial score (nSPS) is 13.8. The monoisotopic (exact) mass is 447 g/mol. The van der Waals surface area contributed by atoms with E-state index in [2.05, 4.69) is 4.90 Å². The number of halogens is 1. The maximum atomic E-state index is 13.4. The van der Waals surface area contributed by atoms with Gasteiger partial charge in [0.1, 0.15) is 23.7 Å². The summed E-state index contributed by atoms with van der Waals surface area (Å²) in [7, 11) is 0. The number of likely N-dealkylation sites (tertiary alicyclic amines) is 1. The van der Waals surface area contributed by atoms with Crippen LogP contribution in [-0.2, 0) is 0 Å². The van der Waals surface area contributed by atoms with Crippen molar-refractivity contribution in [2.24, 2.45) is 0 Å². The Morgan fingerprint density at radius 1 is 0.875 bits per heavy atom. The van der Waals surface area contributed by atoms with Gasteiger partial charge in [0.25, 0.3) is 0 Å². The Morgan fingerprint density at radius 2 is 1.56 bits per heavy atom. The molecule has 32 heavy (non-hydrogen) atoms. The molecule has 1 aromatic heterocycles. The van der Waals surface area contributed by atoms with Gasteiger partial charge in [0.15, 0.2) is 5.78 Å². The number of benzene rings is 3. The molecule has 3 aromatic carbocycles. The van der Waals surface area contributed by atoms with Gasteiger partial charge in [-0.1, -0.05) is 48.5 Å². The third-order valence-electron chi connectivity index (χ3n) is 5.85. The number of fused-ring (bicyclic) bond motifs is 1. The lowest BCUT2D eigenvalue weighted by Gasteiger charge is -2.15. The molecular weight excluding hydrogens is 422 g/mol. The molecule has 4 aromatic rings. The van der Waals surface area contributed by atoms with Gasteiger partial charge in [-0.05, 0) is 56.3 Å². The van der Waals surface area contributed by atoms with Gasteiger partial charge in [-0.25, -0.2) is 0 Å². The summed E-state index contributed by atoms with van der Waals surface area (Å²) in [5.74, 6) is 1.39. The van der Waals surface area contributed by atoms with Crippen LogP contribution in [0, 0.1) is 0 Å². The van der Waals surface area contributed by atoms with E-state index in [1.54, 1.807) is 0 Å². The first-order chi connectivity index (χ1) is 15.3. The quantitative estimate of drug-likeness (QED) is 0.315. The minimum absolute atomic E-state index is 0. The van der Waals surface area contributed by atoms with Crippen molar-refractivity contribution in [1.82, 2.24) is 4.90 Å². The fourth-order valence-corrected chi connectivity index (χ4v) is 4.21. The number of hydrogen-bond acceptors (Lipinski definition) is 4. The minimum Gasteiger partial charge on any atom is -0.492 e. The van der Waals surface area contributed by atoms with Gasteiger partial charge in [0.2, 0.25) is 0 Å². The highest BCUT2D eigenvalue weighted by Crippen LogP contribution is 2.35. The zero-order chi connectivity index (χ0) is 21.0. The van der Waals surface area contributed by atoms with Crippen LogP contribution in [0.1, 0.15) is 28.8 Å². The molecule has 0 bridgehead atoms. The Labute approximate surface area is 194 Å². The minimum atomic E-state index is -0.0357. The van der Waals surface area contributed by atoms with Crippen LogP contribution in [-0.4, -0.2) is 36.9 Å². The number of para-hydroxylation sites is 1. The lowest BCUT2D eigenvalue weighted by Crippen LogP contribution is -2.25. The average Bonchev–Trinajstić information content (AvgIpc) is 3.47. The summed E-state index contributed by atoms with van der Waals surface area (Å²) in [6, 6.07) is 24.9. The molecular formula is C27H26ClNO3. The van der Waals surface area contributed by atoms with E-state index in [0.29, 0.717) is 29.1 Å². The molecule has 164 valence electrons. The van der Waals surface area contributed by atoms with Crippen molar-refractivity contribution in [1.29, 1.82) is 0 Å². The molecule has 5 rings (SSSR count). The van der Waals surface area contributed by atoms with Crippen LogP contribution in [0.5, 0.6) is 5.75 Å². The zero-order valence-electron chi connectivity index (χ0n) is 17.8. The maximum Gasteiger partial charge on any atom is 0.197 e. The van der Waals surface area contributed by atoms with Crippen LogP contribution < -0.4 is 4.74 Å². The number of furan rings is 1. The highest BCUT2D eigenvalue weighted by atomic mass is 35.5. The summed E-state index contributed by atoms with van der Waals surface area (Å²) in [5.41, 5.74) is 2.83. The Bertz CT molecular complexity index is 1180. The molecule has 1 aliphatic heterocycles. The van der Waals surface area contributed by atoms with E-state index in [4.69, 9.17) is 9.15 Å². The number of ether oxygens (including phenoxy) is 1. The molecule has 1 saturated heterocycles. The summed E-state index contributed by atoms with van der Waals surface area (Å²) in [4.78, 5) is 15.8. The third-order valence-corrected chi connectivity index (χ3v) is 5.85. The van der Waals surface area contributed by atoms with Gasteiger partial charge >= 0.3 is 0 Å². The van der Waals surface area contributed by atoms with Crippen molar-refractivity contribution in [3.8, 4) is 17.1 Å². The fourth-order valence-electron chi connectivity index (χ4n) is 4.21. The van der Waals surface area contributed by atoms with E-state index in [-0.39, 0.29) is 18.2 Å². The third kappa shape index (κ3) is 4.57. The number of ketones is 1. The number of nitrogens with zero attached hydrogens (tertiary/aromatic N) is 1. The van der Waals surface area contributed by atoms with Crippen molar-refractivity contribution in [2.45, 2.75) is 12.8 Å². The van der Waals surface area contributed by atoms with E-state index in [9.17, 15) is 4.79 Å². The molecule has 0 N–H and O–H groups in total. The highest BCUT2D eigenvalue weighted by Gasteiger charge is 2.23.